The molecule has 0 saturated carbocycles. The first kappa shape index (κ1) is 19.7. The van der Waals surface area contributed by atoms with Crippen molar-refractivity contribution in [1.82, 2.24) is 34.5 Å². The van der Waals surface area contributed by atoms with Crippen molar-refractivity contribution >= 4 is 11.0 Å². The van der Waals surface area contributed by atoms with Crippen LogP contribution in [0.2, 0.25) is 0 Å². The quantitative estimate of drug-likeness (QED) is 0.529. The van der Waals surface area contributed by atoms with Crippen LogP contribution in [0.25, 0.3) is 16.7 Å². The van der Waals surface area contributed by atoms with Crippen LogP contribution in [-0.4, -0.2) is 60.7 Å². The number of piperazine rings is 1. The molecule has 5 rings (SSSR count). The van der Waals surface area contributed by atoms with Gasteiger partial charge in [0.15, 0.2) is 5.65 Å². The van der Waals surface area contributed by atoms with Gasteiger partial charge >= 0.3 is 0 Å². The van der Waals surface area contributed by atoms with Crippen molar-refractivity contribution < 1.29 is 4.42 Å². The van der Waals surface area contributed by atoms with Crippen LogP contribution in [-0.2, 0) is 13.1 Å². The molecule has 4 heterocycles. The lowest BCUT2D eigenvalue weighted by molar-refractivity contribution is 0.112. The van der Waals surface area contributed by atoms with E-state index in [1.165, 1.54) is 0 Å². The van der Waals surface area contributed by atoms with Crippen LogP contribution < -0.4 is 5.56 Å². The summed E-state index contributed by atoms with van der Waals surface area (Å²) in [6.07, 6.45) is 1.57. The summed E-state index contributed by atoms with van der Waals surface area (Å²) >= 11 is 0. The highest BCUT2D eigenvalue weighted by atomic mass is 16.4. The lowest BCUT2D eigenvalue weighted by Crippen LogP contribution is -2.45. The summed E-state index contributed by atoms with van der Waals surface area (Å²) in [4.78, 5) is 29.3. The molecule has 1 aliphatic rings. The third-order valence-electron chi connectivity index (χ3n) is 5.76. The highest BCUT2D eigenvalue weighted by Crippen LogP contribution is 2.15. The molecule has 1 aliphatic heterocycles. The van der Waals surface area contributed by atoms with E-state index in [1.54, 1.807) is 10.9 Å². The monoisotopic (exact) mass is 419 g/mol. The Hall–Kier alpha value is -3.30. The Morgan fingerprint density at radius 2 is 1.71 bits per heavy atom. The van der Waals surface area contributed by atoms with Gasteiger partial charge in [0.05, 0.1) is 30.7 Å². The fourth-order valence-electron chi connectivity index (χ4n) is 3.91. The van der Waals surface area contributed by atoms with Gasteiger partial charge < -0.3 is 9.40 Å². The molecule has 0 spiro atoms. The van der Waals surface area contributed by atoms with E-state index in [-0.39, 0.29) is 5.56 Å². The molecule has 1 aromatic carbocycles. The van der Waals surface area contributed by atoms with Gasteiger partial charge in [-0.05, 0) is 26.0 Å². The van der Waals surface area contributed by atoms with Gasteiger partial charge in [0.25, 0.3) is 5.56 Å². The predicted octanol–water partition coefficient (Wildman–Crippen LogP) is 2.03. The fourth-order valence-corrected chi connectivity index (χ4v) is 3.91. The second kappa shape index (κ2) is 8.09. The van der Waals surface area contributed by atoms with Gasteiger partial charge in [0, 0.05) is 26.2 Å². The standard InChI is InChI=1S/C22H25N7O2/c1-15-16(2)31-20(24-15)14-28-10-8-27(9-11-28)13-19-25-21-18(22(30)26-19)12-23-29(21)17-6-4-3-5-7-17/h3-7,12H,8-11,13-14H2,1-2H3,(H,25,26,30). The smallest absolute Gasteiger partial charge is 0.262 e. The van der Waals surface area contributed by atoms with Crippen LogP contribution in [0.5, 0.6) is 0 Å². The number of nitrogens with one attached hydrogen (secondary N) is 1. The van der Waals surface area contributed by atoms with Crippen molar-refractivity contribution in [3.63, 3.8) is 0 Å². The molecule has 9 nitrogen and oxygen atoms in total. The van der Waals surface area contributed by atoms with E-state index in [9.17, 15) is 4.79 Å². The van der Waals surface area contributed by atoms with Gasteiger partial charge in [-0.2, -0.15) is 5.10 Å². The summed E-state index contributed by atoms with van der Waals surface area (Å²) < 4.78 is 7.42. The average molecular weight is 419 g/mol. The zero-order valence-corrected chi connectivity index (χ0v) is 17.7. The van der Waals surface area contributed by atoms with E-state index < -0.39 is 0 Å². The van der Waals surface area contributed by atoms with E-state index >= 15 is 0 Å². The molecule has 1 saturated heterocycles. The summed E-state index contributed by atoms with van der Waals surface area (Å²) in [6, 6.07) is 9.73. The molecule has 0 amide bonds. The third kappa shape index (κ3) is 4.01. The number of benzene rings is 1. The Kier molecular flexibility index (Phi) is 5.13. The lowest BCUT2D eigenvalue weighted by atomic mass is 10.3. The number of oxazole rings is 1. The Labute approximate surface area is 179 Å². The van der Waals surface area contributed by atoms with Crippen LogP contribution in [0.4, 0.5) is 0 Å². The average Bonchev–Trinajstić information content (AvgIpc) is 3.33. The molecular weight excluding hydrogens is 394 g/mol. The van der Waals surface area contributed by atoms with E-state index in [0.717, 1.165) is 55.8 Å². The number of para-hydroxylation sites is 1. The molecule has 3 aromatic heterocycles. The van der Waals surface area contributed by atoms with Crippen LogP contribution >= 0.6 is 0 Å². The number of H-pyrrole nitrogens is 1. The van der Waals surface area contributed by atoms with Gasteiger partial charge in [0.1, 0.15) is 17.0 Å². The zero-order chi connectivity index (χ0) is 21.4. The molecule has 0 atom stereocenters. The summed E-state index contributed by atoms with van der Waals surface area (Å²) in [5.41, 5.74) is 2.26. The maximum Gasteiger partial charge on any atom is 0.262 e. The molecular formula is C22H25N7O2. The van der Waals surface area contributed by atoms with E-state index in [0.29, 0.717) is 23.4 Å². The Balaban J connectivity index is 1.28. The number of rotatable bonds is 5. The summed E-state index contributed by atoms with van der Waals surface area (Å²) in [7, 11) is 0. The van der Waals surface area contributed by atoms with Gasteiger partial charge in [-0.25, -0.2) is 14.6 Å². The Morgan fingerprint density at radius 1 is 1.00 bits per heavy atom. The van der Waals surface area contributed by atoms with E-state index in [4.69, 9.17) is 9.40 Å². The summed E-state index contributed by atoms with van der Waals surface area (Å²) in [6.45, 7) is 8.82. The van der Waals surface area contributed by atoms with E-state index in [2.05, 4.69) is 24.9 Å². The zero-order valence-electron chi connectivity index (χ0n) is 17.7. The van der Waals surface area contributed by atoms with Crippen molar-refractivity contribution in [2.24, 2.45) is 0 Å². The molecule has 1 N–H and O–H groups in total. The number of hydrogen-bond donors (Lipinski definition) is 1. The number of nitrogens with zero attached hydrogens (tertiary/aromatic N) is 6. The summed E-state index contributed by atoms with van der Waals surface area (Å²) in [5.74, 6) is 2.31. The highest BCUT2D eigenvalue weighted by Gasteiger charge is 2.20. The topological polar surface area (TPSA) is 96.1 Å². The minimum atomic E-state index is -0.157. The second-order valence-corrected chi connectivity index (χ2v) is 7.94. The first-order chi connectivity index (χ1) is 15.1. The molecule has 0 radical (unpaired) electrons. The van der Waals surface area contributed by atoms with Crippen LogP contribution in [0, 0.1) is 13.8 Å². The molecule has 4 aromatic rings. The predicted molar refractivity (Wildman–Crippen MR) is 116 cm³/mol. The van der Waals surface area contributed by atoms with Crippen molar-refractivity contribution in [3.8, 4) is 5.69 Å². The van der Waals surface area contributed by atoms with Crippen LogP contribution in [0.3, 0.4) is 0 Å². The molecule has 1 fully saturated rings. The Bertz CT molecular complexity index is 1230. The molecule has 9 heteroatoms. The fraction of sp³-hybridized carbons (Fsp3) is 0.364. The maximum atomic E-state index is 12.6. The van der Waals surface area contributed by atoms with Crippen LogP contribution in [0.15, 0.2) is 45.7 Å². The second-order valence-electron chi connectivity index (χ2n) is 7.94. The molecule has 0 unspecified atom stereocenters. The van der Waals surface area contributed by atoms with Crippen molar-refractivity contribution in [1.29, 1.82) is 0 Å². The van der Waals surface area contributed by atoms with Crippen LogP contribution in [0.1, 0.15) is 23.2 Å². The lowest BCUT2D eigenvalue weighted by Gasteiger charge is -2.33. The molecule has 31 heavy (non-hydrogen) atoms. The molecule has 0 bridgehead atoms. The van der Waals surface area contributed by atoms with Gasteiger partial charge in [-0.15, -0.1) is 0 Å². The Morgan fingerprint density at radius 3 is 2.39 bits per heavy atom. The highest BCUT2D eigenvalue weighted by molar-refractivity contribution is 5.75. The van der Waals surface area contributed by atoms with Gasteiger partial charge in [0.2, 0.25) is 5.89 Å². The minimum Gasteiger partial charge on any atom is -0.444 e. The minimum absolute atomic E-state index is 0.157. The third-order valence-corrected chi connectivity index (χ3v) is 5.76. The van der Waals surface area contributed by atoms with Gasteiger partial charge in [-0.3, -0.25) is 14.6 Å². The molecule has 0 aliphatic carbocycles. The number of aromatic nitrogens is 5. The first-order valence-electron chi connectivity index (χ1n) is 10.5. The van der Waals surface area contributed by atoms with E-state index in [1.807, 2.05) is 44.2 Å². The summed E-state index contributed by atoms with van der Waals surface area (Å²) in [5, 5.41) is 4.87. The number of hydrogen-bond acceptors (Lipinski definition) is 7. The largest absolute Gasteiger partial charge is 0.444 e. The SMILES string of the molecule is Cc1nc(CN2CCN(Cc3nc4c(cnn4-c4ccccc4)c(=O)[nH]3)CC2)oc1C. The number of aromatic amines is 1. The normalized spacial score (nSPS) is 15.7. The van der Waals surface area contributed by atoms with Crippen molar-refractivity contribution in [2.45, 2.75) is 26.9 Å². The van der Waals surface area contributed by atoms with Crippen molar-refractivity contribution in [2.75, 3.05) is 26.2 Å². The first-order valence-corrected chi connectivity index (χ1v) is 10.5. The maximum absolute atomic E-state index is 12.6. The number of aryl methyl sites for hydroxylation is 2. The number of fused-ring (bicyclic) bond motifs is 1. The molecule has 160 valence electrons. The van der Waals surface area contributed by atoms with Gasteiger partial charge in [-0.1, -0.05) is 18.2 Å². The van der Waals surface area contributed by atoms with Crippen molar-refractivity contribution in [3.05, 3.63) is 70.1 Å².